The summed E-state index contributed by atoms with van der Waals surface area (Å²) in [6, 6.07) is 2.98. The van der Waals surface area contributed by atoms with Gasteiger partial charge in [-0.15, -0.1) is 11.3 Å². The number of thiophene rings is 1. The van der Waals surface area contributed by atoms with Gasteiger partial charge in [-0.1, -0.05) is 6.07 Å². The first kappa shape index (κ1) is 13.8. The molecule has 0 aliphatic carbocycles. The molecule has 0 aromatic carbocycles. The van der Waals surface area contributed by atoms with E-state index in [1.807, 2.05) is 22.8 Å². The maximum absolute atomic E-state index is 11.9. The Labute approximate surface area is 101 Å². The molecule has 7 heteroatoms. The number of nitrogens with one attached hydrogen (secondary N) is 1. The molecule has 1 N–H and O–H groups in total. The van der Waals surface area contributed by atoms with Crippen LogP contribution in [0.5, 0.6) is 0 Å². The van der Waals surface area contributed by atoms with Gasteiger partial charge in [0.1, 0.15) is 6.54 Å². The molecule has 0 saturated carbocycles. The SMILES string of the molecule is CCN(Cc1cccs1)C(=O)NCC(F)(F)F. The highest BCUT2D eigenvalue weighted by molar-refractivity contribution is 7.09. The molecule has 0 atom stereocenters. The van der Waals surface area contributed by atoms with Crippen LogP contribution >= 0.6 is 11.3 Å². The first-order valence-electron chi connectivity index (χ1n) is 5.04. The predicted molar refractivity (Wildman–Crippen MR) is 59.9 cm³/mol. The normalized spacial score (nSPS) is 11.3. The van der Waals surface area contributed by atoms with Crippen LogP contribution in [0, 0.1) is 0 Å². The van der Waals surface area contributed by atoms with Crippen molar-refractivity contribution in [3.63, 3.8) is 0 Å². The Hall–Kier alpha value is -1.24. The van der Waals surface area contributed by atoms with Crippen molar-refractivity contribution >= 4 is 17.4 Å². The molecule has 3 nitrogen and oxygen atoms in total. The topological polar surface area (TPSA) is 32.3 Å². The van der Waals surface area contributed by atoms with Crippen LogP contribution in [0.1, 0.15) is 11.8 Å². The summed E-state index contributed by atoms with van der Waals surface area (Å²) in [4.78, 5) is 13.7. The molecule has 0 radical (unpaired) electrons. The molecule has 0 unspecified atom stereocenters. The minimum atomic E-state index is -4.38. The molecule has 1 rings (SSSR count). The van der Waals surface area contributed by atoms with Crippen molar-refractivity contribution in [1.82, 2.24) is 10.2 Å². The smallest absolute Gasteiger partial charge is 0.329 e. The second-order valence-electron chi connectivity index (χ2n) is 3.37. The third-order valence-corrected chi connectivity index (χ3v) is 2.90. The van der Waals surface area contributed by atoms with Crippen LogP contribution in [0.4, 0.5) is 18.0 Å². The van der Waals surface area contributed by atoms with E-state index in [1.54, 1.807) is 6.92 Å². The minimum absolute atomic E-state index is 0.331. The van der Waals surface area contributed by atoms with Crippen LogP contribution in [-0.2, 0) is 6.54 Å². The zero-order chi connectivity index (χ0) is 12.9. The highest BCUT2D eigenvalue weighted by Crippen LogP contribution is 2.14. The Morgan fingerprint density at radius 1 is 1.53 bits per heavy atom. The molecular formula is C10H13F3N2OS. The number of hydrogen-bond donors (Lipinski definition) is 1. The monoisotopic (exact) mass is 266 g/mol. The third kappa shape index (κ3) is 5.08. The van der Waals surface area contributed by atoms with Gasteiger partial charge in [0.25, 0.3) is 0 Å². The van der Waals surface area contributed by atoms with E-state index in [9.17, 15) is 18.0 Å². The summed E-state index contributed by atoms with van der Waals surface area (Å²) in [5.41, 5.74) is 0. The molecular weight excluding hydrogens is 253 g/mol. The lowest BCUT2D eigenvalue weighted by molar-refractivity contribution is -0.123. The van der Waals surface area contributed by atoms with Crippen molar-refractivity contribution in [2.45, 2.75) is 19.6 Å². The first-order valence-corrected chi connectivity index (χ1v) is 5.92. The van der Waals surface area contributed by atoms with Gasteiger partial charge >= 0.3 is 12.2 Å². The van der Waals surface area contributed by atoms with E-state index < -0.39 is 18.8 Å². The van der Waals surface area contributed by atoms with E-state index in [2.05, 4.69) is 0 Å². The molecule has 2 amide bonds. The fraction of sp³-hybridized carbons (Fsp3) is 0.500. The van der Waals surface area contributed by atoms with Gasteiger partial charge in [0.05, 0.1) is 6.54 Å². The summed E-state index contributed by atoms with van der Waals surface area (Å²) in [6.45, 7) is 1.12. The number of nitrogens with zero attached hydrogens (tertiary/aromatic N) is 1. The number of hydrogen-bond acceptors (Lipinski definition) is 2. The standard InChI is InChI=1S/C10H13F3N2OS/c1-2-15(6-8-4-3-5-17-8)9(16)14-7-10(11,12)13/h3-5H,2,6-7H2,1H3,(H,14,16). The lowest BCUT2D eigenvalue weighted by atomic mass is 10.4. The first-order chi connectivity index (χ1) is 7.92. The second kappa shape index (κ2) is 5.90. The summed E-state index contributed by atoms with van der Waals surface area (Å²) >= 11 is 1.46. The van der Waals surface area contributed by atoms with E-state index in [4.69, 9.17) is 0 Å². The quantitative estimate of drug-likeness (QED) is 0.893. The van der Waals surface area contributed by atoms with Gasteiger partial charge in [-0.3, -0.25) is 0 Å². The van der Waals surface area contributed by atoms with Crippen LogP contribution in [0.25, 0.3) is 0 Å². The fourth-order valence-corrected chi connectivity index (χ4v) is 1.92. The zero-order valence-electron chi connectivity index (χ0n) is 9.25. The molecule has 0 aliphatic rings. The van der Waals surface area contributed by atoms with Crippen LogP contribution in [0.3, 0.4) is 0 Å². The molecule has 96 valence electrons. The highest BCUT2D eigenvalue weighted by atomic mass is 32.1. The number of carbonyl (C=O) groups is 1. The average molecular weight is 266 g/mol. The Bertz CT molecular complexity index is 351. The molecule has 0 bridgehead atoms. The number of alkyl halides is 3. The number of rotatable bonds is 4. The van der Waals surface area contributed by atoms with E-state index >= 15 is 0 Å². The summed E-state index contributed by atoms with van der Waals surface area (Å²) in [5, 5.41) is 3.71. The summed E-state index contributed by atoms with van der Waals surface area (Å²) in [7, 11) is 0. The third-order valence-electron chi connectivity index (χ3n) is 2.04. The number of amides is 2. The van der Waals surface area contributed by atoms with E-state index in [-0.39, 0.29) is 0 Å². The summed E-state index contributed by atoms with van der Waals surface area (Å²) in [6.07, 6.45) is -4.38. The van der Waals surface area contributed by atoms with E-state index in [0.717, 1.165) is 4.88 Å². The lowest BCUT2D eigenvalue weighted by Gasteiger charge is -2.21. The van der Waals surface area contributed by atoms with Crippen LogP contribution in [0.15, 0.2) is 17.5 Å². The van der Waals surface area contributed by atoms with Crippen molar-refractivity contribution in [2.24, 2.45) is 0 Å². The van der Waals surface area contributed by atoms with Crippen LogP contribution < -0.4 is 5.32 Å². The summed E-state index contributed by atoms with van der Waals surface area (Å²) < 4.78 is 35.8. The zero-order valence-corrected chi connectivity index (χ0v) is 10.1. The lowest BCUT2D eigenvalue weighted by Crippen LogP contribution is -2.43. The molecule has 1 aromatic heterocycles. The molecule has 17 heavy (non-hydrogen) atoms. The van der Waals surface area contributed by atoms with Gasteiger partial charge in [0.15, 0.2) is 0 Å². The molecule has 1 aromatic rings. The fourth-order valence-electron chi connectivity index (χ4n) is 1.21. The molecule has 0 spiro atoms. The molecule has 0 aliphatic heterocycles. The van der Waals surface area contributed by atoms with Crippen molar-refractivity contribution in [2.75, 3.05) is 13.1 Å². The maximum atomic E-state index is 11.9. The van der Waals surface area contributed by atoms with E-state index in [0.29, 0.717) is 13.1 Å². The largest absolute Gasteiger partial charge is 0.405 e. The second-order valence-corrected chi connectivity index (χ2v) is 4.40. The van der Waals surface area contributed by atoms with Gasteiger partial charge in [0.2, 0.25) is 0 Å². The van der Waals surface area contributed by atoms with Crippen molar-refractivity contribution < 1.29 is 18.0 Å². The summed E-state index contributed by atoms with van der Waals surface area (Å²) in [5.74, 6) is 0. The Balaban J connectivity index is 2.47. The number of urea groups is 1. The predicted octanol–water partition coefficient (Wildman–Crippen LogP) is 2.84. The van der Waals surface area contributed by atoms with Gasteiger partial charge in [0, 0.05) is 11.4 Å². The van der Waals surface area contributed by atoms with Gasteiger partial charge in [-0.25, -0.2) is 4.79 Å². The number of halogens is 3. The van der Waals surface area contributed by atoms with E-state index in [1.165, 1.54) is 16.2 Å². The van der Waals surface area contributed by atoms with Crippen molar-refractivity contribution in [3.05, 3.63) is 22.4 Å². The average Bonchev–Trinajstić information content (AvgIpc) is 2.74. The maximum Gasteiger partial charge on any atom is 0.405 e. The molecule has 0 fully saturated rings. The Morgan fingerprint density at radius 2 is 2.24 bits per heavy atom. The van der Waals surface area contributed by atoms with Crippen LogP contribution in [-0.4, -0.2) is 30.2 Å². The van der Waals surface area contributed by atoms with Crippen molar-refractivity contribution in [3.8, 4) is 0 Å². The van der Waals surface area contributed by atoms with Gasteiger partial charge in [-0.05, 0) is 18.4 Å². The Morgan fingerprint density at radius 3 is 2.71 bits per heavy atom. The van der Waals surface area contributed by atoms with Gasteiger partial charge < -0.3 is 10.2 Å². The molecule has 0 saturated heterocycles. The minimum Gasteiger partial charge on any atom is -0.329 e. The molecule has 1 heterocycles. The highest BCUT2D eigenvalue weighted by Gasteiger charge is 2.28. The number of carbonyl (C=O) groups excluding carboxylic acids is 1. The van der Waals surface area contributed by atoms with Crippen LogP contribution in [0.2, 0.25) is 0 Å². The van der Waals surface area contributed by atoms with Crippen molar-refractivity contribution in [1.29, 1.82) is 0 Å². The Kier molecular flexibility index (Phi) is 4.80. The van der Waals surface area contributed by atoms with Gasteiger partial charge in [-0.2, -0.15) is 13.2 Å².